The zero-order valence-corrected chi connectivity index (χ0v) is 14.0. The molecule has 124 valence electrons. The van der Waals surface area contributed by atoms with Crippen LogP contribution in [0, 0.1) is 13.8 Å². The third kappa shape index (κ3) is 2.72. The molecule has 1 aliphatic heterocycles. The summed E-state index contributed by atoms with van der Waals surface area (Å²) < 4.78 is 33.4. The predicted molar refractivity (Wildman–Crippen MR) is 82.7 cm³/mol. The maximum atomic E-state index is 12.9. The van der Waals surface area contributed by atoms with E-state index in [9.17, 15) is 13.2 Å². The minimum Gasteiger partial charge on any atom is -0.459 e. The van der Waals surface area contributed by atoms with Crippen LogP contribution in [-0.4, -0.2) is 41.5 Å². The lowest BCUT2D eigenvalue weighted by atomic mass is 10.2. The first-order valence-electron chi connectivity index (χ1n) is 7.57. The number of sulfonamides is 1. The topological polar surface area (TPSA) is 85.4 Å². The molecule has 0 aliphatic carbocycles. The summed E-state index contributed by atoms with van der Waals surface area (Å²) in [6.07, 6.45) is 4.15. The lowest BCUT2D eigenvalue weighted by Crippen LogP contribution is -2.36. The molecule has 1 fully saturated rings. The third-order valence-electron chi connectivity index (χ3n) is 4.06. The van der Waals surface area contributed by atoms with E-state index in [0.717, 1.165) is 23.9 Å². The maximum absolute atomic E-state index is 12.9. The minimum absolute atomic E-state index is 0.123. The summed E-state index contributed by atoms with van der Waals surface area (Å²) in [5, 5.41) is 4.13. The lowest BCUT2D eigenvalue weighted by Gasteiger charge is -2.25. The molecular weight excluding hydrogens is 318 g/mol. The second kappa shape index (κ2) is 5.93. The molecule has 0 spiro atoms. The van der Waals surface area contributed by atoms with Gasteiger partial charge in [0, 0.05) is 13.1 Å². The zero-order chi connectivity index (χ0) is 16.6. The second-order valence-corrected chi connectivity index (χ2v) is 7.53. The molecule has 0 aromatic carbocycles. The van der Waals surface area contributed by atoms with Crippen molar-refractivity contribution < 1.29 is 17.6 Å². The molecule has 1 saturated heterocycles. The Hall–Kier alpha value is -1.93. The van der Waals surface area contributed by atoms with E-state index in [0.29, 0.717) is 24.5 Å². The fourth-order valence-electron chi connectivity index (χ4n) is 2.94. The van der Waals surface area contributed by atoms with Crippen LogP contribution in [0.2, 0.25) is 0 Å². The van der Waals surface area contributed by atoms with Crippen molar-refractivity contribution in [2.24, 2.45) is 0 Å². The van der Waals surface area contributed by atoms with E-state index in [1.54, 1.807) is 19.9 Å². The van der Waals surface area contributed by atoms with Crippen molar-refractivity contribution >= 4 is 15.9 Å². The Morgan fingerprint density at radius 2 is 1.91 bits per heavy atom. The largest absolute Gasteiger partial charge is 0.459 e. The van der Waals surface area contributed by atoms with E-state index in [-0.39, 0.29) is 10.7 Å². The van der Waals surface area contributed by atoms with Gasteiger partial charge in [-0.1, -0.05) is 6.42 Å². The van der Waals surface area contributed by atoms with Crippen molar-refractivity contribution in [3.8, 4) is 0 Å². The number of carbonyl (C=O) groups is 1. The molecule has 0 radical (unpaired) electrons. The van der Waals surface area contributed by atoms with Gasteiger partial charge >= 0.3 is 5.91 Å². The van der Waals surface area contributed by atoms with Crippen LogP contribution < -0.4 is 0 Å². The monoisotopic (exact) mass is 337 g/mol. The van der Waals surface area contributed by atoms with Crippen molar-refractivity contribution in [2.75, 3.05) is 13.1 Å². The van der Waals surface area contributed by atoms with Gasteiger partial charge in [0.05, 0.1) is 17.7 Å². The molecular formula is C15H19N3O4S. The van der Waals surface area contributed by atoms with Gasteiger partial charge in [-0.15, -0.1) is 0 Å². The first kappa shape index (κ1) is 15.9. The average molecular weight is 337 g/mol. The van der Waals surface area contributed by atoms with Gasteiger partial charge in [-0.3, -0.25) is 4.79 Å². The highest BCUT2D eigenvalue weighted by atomic mass is 32.2. The standard InChI is InChI=1S/C15H19N3O4S/c1-11-14(23(20,21)17-8-4-3-5-9-17)12(2)18(16-11)15(19)13-7-6-10-22-13/h6-7,10H,3-5,8-9H2,1-2H3. The maximum Gasteiger partial charge on any atom is 0.314 e. The van der Waals surface area contributed by atoms with Crippen LogP contribution in [0.3, 0.4) is 0 Å². The smallest absolute Gasteiger partial charge is 0.314 e. The van der Waals surface area contributed by atoms with Crippen molar-refractivity contribution in [3.05, 3.63) is 35.5 Å². The van der Waals surface area contributed by atoms with Gasteiger partial charge < -0.3 is 4.42 Å². The summed E-state index contributed by atoms with van der Waals surface area (Å²) in [6, 6.07) is 3.13. The van der Waals surface area contributed by atoms with Crippen LogP contribution in [0.25, 0.3) is 0 Å². The van der Waals surface area contributed by atoms with Crippen molar-refractivity contribution in [1.29, 1.82) is 0 Å². The van der Waals surface area contributed by atoms with Crippen LogP contribution in [0.15, 0.2) is 27.7 Å². The van der Waals surface area contributed by atoms with Crippen LogP contribution in [0.5, 0.6) is 0 Å². The van der Waals surface area contributed by atoms with Gasteiger partial charge in [0.1, 0.15) is 4.90 Å². The molecule has 3 heterocycles. The molecule has 7 nitrogen and oxygen atoms in total. The highest BCUT2D eigenvalue weighted by Gasteiger charge is 2.33. The molecule has 3 rings (SSSR count). The lowest BCUT2D eigenvalue weighted by molar-refractivity contribution is 0.0914. The molecule has 0 unspecified atom stereocenters. The summed E-state index contributed by atoms with van der Waals surface area (Å²) >= 11 is 0. The first-order valence-corrected chi connectivity index (χ1v) is 9.01. The Morgan fingerprint density at radius 3 is 2.52 bits per heavy atom. The molecule has 0 N–H and O–H groups in total. The number of furan rings is 1. The minimum atomic E-state index is -3.64. The number of hydrogen-bond donors (Lipinski definition) is 0. The van der Waals surface area contributed by atoms with Gasteiger partial charge in [-0.25, -0.2) is 8.42 Å². The summed E-state index contributed by atoms with van der Waals surface area (Å²) in [7, 11) is -3.64. The van der Waals surface area contributed by atoms with Crippen molar-refractivity contribution in [1.82, 2.24) is 14.1 Å². The summed E-state index contributed by atoms with van der Waals surface area (Å²) in [5.74, 6) is -0.354. The number of carbonyl (C=O) groups excluding carboxylic acids is 1. The Balaban J connectivity index is 2.02. The predicted octanol–water partition coefficient (Wildman–Crippen LogP) is 1.96. The van der Waals surface area contributed by atoms with Gasteiger partial charge in [0.25, 0.3) is 0 Å². The quantitative estimate of drug-likeness (QED) is 0.854. The fourth-order valence-corrected chi connectivity index (χ4v) is 4.81. The highest BCUT2D eigenvalue weighted by Crippen LogP contribution is 2.26. The van der Waals surface area contributed by atoms with E-state index in [4.69, 9.17) is 4.42 Å². The van der Waals surface area contributed by atoms with Crippen LogP contribution in [0.1, 0.15) is 41.2 Å². The van der Waals surface area contributed by atoms with E-state index >= 15 is 0 Å². The van der Waals surface area contributed by atoms with E-state index < -0.39 is 15.9 Å². The Morgan fingerprint density at radius 1 is 1.22 bits per heavy atom. The highest BCUT2D eigenvalue weighted by molar-refractivity contribution is 7.89. The first-order chi connectivity index (χ1) is 10.9. The van der Waals surface area contributed by atoms with E-state index in [1.165, 1.54) is 16.6 Å². The summed E-state index contributed by atoms with van der Waals surface area (Å²) in [4.78, 5) is 12.5. The summed E-state index contributed by atoms with van der Waals surface area (Å²) in [6.45, 7) is 4.23. The third-order valence-corrected chi connectivity index (χ3v) is 6.21. The molecule has 0 amide bonds. The van der Waals surface area contributed by atoms with Gasteiger partial charge in [-0.05, 0) is 38.8 Å². The Labute approximate surface area is 134 Å². The average Bonchev–Trinajstić information content (AvgIpc) is 3.16. The molecule has 23 heavy (non-hydrogen) atoms. The molecule has 2 aromatic heterocycles. The molecule has 0 bridgehead atoms. The van der Waals surface area contributed by atoms with Crippen molar-refractivity contribution in [3.63, 3.8) is 0 Å². The Kier molecular flexibility index (Phi) is 4.11. The second-order valence-electron chi connectivity index (χ2n) is 5.66. The fraction of sp³-hybridized carbons (Fsp3) is 0.467. The number of aromatic nitrogens is 2. The van der Waals surface area contributed by atoms with Gasteiger partial charge in [-0.2, -0.15) is 14.1 Å². The molecule has 0 saturated carbocycles. The number of rotatable bonds is 3. The molecule has 0 atom stereocenters. The van der Waals surface area contributed by atoms with E-state index in [1.807, 2.05) is 0 Å². The molecule has 1 aliphatic rings. The van der Waals surface area contributed by atoms with E-state index in [2.05, 4.69) is 5.10 Å². The Bertz CT molecular complexity index is 815. The number of nitrogens with zero attached hydrogens (tertiary/aromatic N) is 3. The molecule has 2 aromatic rings. The number of hydrogen-bond acceptors (Lipinski definition) is 5. The van der Waals surface area contributed by atoms with Gasteiger partial charge in [0.15, 0.2) is 5.76 Å². The number of piperidine rings is 1. The van der Waals surface area contributed by atoms with Gasteiger partial charge in [0.2, 0.25) is 10.0 Å². The normalized spacial score (nSPS) is 16.6. The van der Waals surface area contributed by atoms with Crippen LogP contribution in [-0.2, 0) is 10.0 Å². The van der Waals surface area contributed by atoms with Crippen LogP contribution >= 0.6 is 0 Å². The SMILES string of the molecule is Cc1nn(C(=O)c2ccco2)c(C)c1S(=O)(=O)N1CCCCC1. The number of aryl methyl sites for hydroxylation is 1. The zero-order valence-electron chi connectivity index (χ0n) is 13.2. The summed E-state index contributed by atoms with van der Waals surface area (Å²) in [5.41, 5.74) is 0.641. The van der Waals surface area contributed by atoms with Crippen LogP contribution in [0.4, 0.5) is 0 Å². The van der Waals surface area contributed by atoms with Crippen molar-refractivity contribution in [2.45, 2.75) is 38.0 Å². The molecule has 8 heteroatoms.